The number of rotatable bonds is 5. The highest BCUT2D eigenvalue weighted by molar-refractivity contribution is 5.86. The number of hydrogen-bond acceptors (Lipinski definition) is 4. The summed E-state index contributed by atoms with van der Waals surface area (Å²) in [5.41, 5.74) is 2.50. The molecular formula is C17H21NO3. The Balaban J connectivity index is 2.06. The van der Waals surface area contributed by atoms with E-state index in [1.54, 1.807) is 6.07 Å². The molecule has 0 saturated carbocycles. The quantitative estimate of drug-likeness (QED) is 0.788. The molecule has 112 valence electrons. The summed E-state index contributed by atoms with van der Waals surface area (Å²) in [5.74, 6) is 0.545. The molecule has 2 rings (SSSR count). The highest BCUT2D eigenvalue weighted by atomic mass is 16.5. The van der Waals surface area contributed by atoms with Crippen LogP contribution in [0.2, 0.25) is 0 Å². The summed E-state index contributed by atoms with van der Waals surface area (Å²) in [6.45, 7) is 4.95. The fourth-order valence-electron chi connectivity index (χ4n) is 2.24. The largest absolute Gasteiger partial charge is 0.463 e. The zero-order valence-electron chi connectivity index (χ0n) is 12.9. The van der Waals surface area contributed by atoms with E-state index in [-0.39, 0.29) is 11.8 Å². The molecule has 0 N–H and O–H groups in total. The highest BCUT2D eigenvalue weighted by Crippen LogP contribution is 2.23. The maximum atomic E-state index is 11.4. The molecule has 1 heterocycles. The average Bonchev–Trinajstić information content (AvgIpc) is 2.95. The van der Waals surface area contributed by atoms with Gasteiger partial charge in [-0.15, -0.1) is 0 Å². The van der Waals surface area contributed by atoms with Crippen LogP contribution in [0.3, 0.4) is 0 Å². The molecule has 0 fully saturated rings. The molecular weight excluding hydrogens is 266 g/mol. The van der Waals surface area contributed by atoms with Crippen molar-refractivity contribution in [1.82, 2.24) is 4.90 Å². The molecule has 0 radical (unpaired) electrons. The Bertz CT molecular complexity index is 618. The van der Waals surface area contributed by atoms with Gasteiger partial charge in [-0.1, -0.05) is 29.8 Å². The van der Waals surface area contributed by atoms with Gasteiger partial charge in [0.25, 0.3) is 0 Å². The Morgan fingerprint density at radius 1 is 1.33 bits per heavy atom. The molecule has 0 aliphatic heterocycles. The molecule has 0 spiro atoms. The topological polar surface area (TPSA) is 42.7 Å². The van der Waals surface area contributed by atoms with Gasteiger partial charge in [-0.3, -0.25) is 4.90 Å². The first-order valence-corrected chi connectivity index (χ1v) is 6.95. The third-order valence-corrected chi connectivity index (χ3v) is 3.60. The van der Waals surface area contributed by atoms with Crippen LogP contribution in [-0.4, -0.2) is 25.0 Å². The van der Waals surface area contributed by atoms with Crippen molar-refractivity contribution in [2.75, 3.05) is 14.2 Å². The van der Waals surface area contributed by atoms with Crippen LogP contribution < -0.4 is 0 Å². The molecule has 0 aliphatic carbocycles. The average molecular weight is 287 g/mol. The number of ether oxygens (including phenoxy) is 1. The number of hydrogen-bond donors (Lipinski definition) is 0. The van der Waals surface area contributed by atoms with Crippen LogP contribution in [0.15, 0.2) is 40.8 Å². The summed E-state index contributed by atoms with van der Waals surface area (Å²) in [6, 6.07) is 12.0. The Kier molecular flexibility index (Phi) is 4.81. The van der Waals surface area contributed by atoms with E-state index in [4.69, 9.17) is 4.42 Å². The Morgan fingerprint density at radius 2 is 2.10 bits per heavy atom. The van der Waals surface area contributed by atoms with Crippen molar-refractivity contribution in [2.45, 2.75) is 26.4 Å². The van der Waals surface area contributed by atoms with E-state index in [1.807, 2.05) is 13.1 Å². The minimum atomic E-state index is -0.449. The molecule has 1 aromatic carbocycles. The molecule has 0 bridgehead atoms. The normalized spacial score (nSPS) is 12.4. The molecule has 4 heteroatoms. The number of nitrogens with zero attached hydrogens (tertiary/aromatic N) is 1. The van der Waals surface area contributed by atoms with Crippen molar-refractivity contribution in [3.8, 4) is 0 Å². The second-order valence-electron chi connectivity index (χ2n) is 5.27. The van der Waals surface area contributed by atoms with Crippen LogP contribution in [0.1, 0.15) is 40.4 Å². The fraction of sp³-hybridized carbons (Fsp3) is 0.353. The zero-order valence-corrected chi connectivity index (χ0v) is 12.9. The third-order valence-electron chi connectivity index (χ3n) is 3.60. The Morgan fingerprint density at radius 3 is 2.76 bits per heavy atom. The van der Waals surface area contributed by atoms with Crippen LogP contribution in [0.5, 0.6) is 0 Å². The van der Waals surface area contributed by atoms with Gasteiger partial charge in [0.15, 0.2) is 0 Å². The van der Waals surface area contributed by atoms with Crippen LogP contribution in [0.25, 0.3) is 0 Å². The standard InChI is InChI=1S/C17H21NO3/c1-12-6-5-7-14(10-12)11-18(3)13(2)15-8-9-16(21-15)17(19)20-4/h5-10,13H,11H2,1-4H3. The number of furan rings is 1. The van der Waals surface area contributed by atoms with E-state index in [1.165, 1.54) is 18.2 Å². The van der Waals surface area contributed by atoms with Crippen molar-refractivity contribution in [2.24, 2.45) is 0 Å². The summed E-state index contributed by atoms with van der Waals surface area (Å²) < 4.78 is 10.2. The second kappa shape index (κ2) is 6.59. The highest BCUT2D eigenvalue weighted by Gasteiger charge is 2.18. The number of esters is 1. The van der Waals surface area contributed by atoms with Crippen molar-refractivity contribution in [3.05, 3.63) is 59.0 Å². The molecule has 0 saturated heterocycles. The van der Waals surface area contributed by atoms with E-state index >= 15 is 0 Å². The van der Waals surface area contributed by atoms with Crippen LogP contribution in [0, 0.1) is 6.92 Å². The third kappa shape index (κ3) is 3.73. The van der Waals surface area contributed by atoms with Gasteiger partial charge in [0.2, 0.25) is 5.76 Å². The summed E-state index contributed by atoms with van der Waals surface area (Å²) in [5, 5.41) is 0. The Hall–Kier alpha value is -2.07. The summed E-state index contributed by atoms with van der Waals surface area (Å²) in [6.07, 6.45) is 0. The monoisotopic (exact) mass is 287 g/mol. The lowest BCUT2D eigenvalue weighted by Gasteiger charge is -2.23. The van der Waals surface area contributed by atoms with Crippen molar-refractivity contribution in [3.63, 3.8) is 0 Å². The van der Waals surface area contributed by atoms with Gasteiger partial charge in [0.05, 0.1) is 13.2 Å². The number of carbonyl (C=O) groups excluding carboxylic acids is 1. The SMILES string of the molecule is COC(=O)c1ccc(C(C)N(C)Cc2cccc(C)c2)o1. The van der Waals surface area contributed by atoms with Crippen molar-refractivity contribution in [1.29, 1.82) is 0 Å². The molecule has 4 nitrogen and oxygen atoms in total. The first-order chi connectivity index (χ1) is 10.0. The predicted molar refractivity (Wildman–Crippen MR) is 81.1 cm³/mol. The molecule has 0 aliphatic rings. The van der Waals surface area contributed by atoms with Crippen LogP contribution in [-0.2, 0) is 11.3 Å². The van der Waals surface area contributed by atoms with E-state index < -0.39 is 5.97 Å². The second-order valence-corrected chi connectivity index (χ2v) is 5.27. The maximum Gasteiger partial charge on any atom is 0.373 e. The van der Waals surface area contributed by atoms with Gasteiger partial charge in [-0.25, -0.2) is 4.79 Å². The number of benzene rings is 1. The number of methoxy groups -OCH3 is 1. The van der Waals surface area contributed by atoms with E-state index in [2.05, 4.69) is 47.7 Å². The maximum absolute atomic E-state index is 11.4. The molecule has 1 aromatic heterocycles. The van der Waals surface area contributed by atoms with Gasteiger partial charge in [0, 0.05) is 6.54 Å². The van der Waals surface area contributed by atoms with Crippen LogP contribution >= 0.6 is 0 Å². The molecule has 21 heavy (non-hydrogen) atoms. The minimum Gasteiger partial charge on any atom is -0.463 e. The van der Waals surface area contributed by atoms with Gasteiger partial charge in [-0.2, -0.15) is 0 Å². The van der Waals surface area contributed by atoms with E-state index in [9.17, 15) is 4.79 Å². The minimum absolute atomic E-state index is 0.0731. The molecule has 1 unspecified atom stereocenters. The van der Waals surface area contributed by atoms with Crippen molar-refractivity contribution < 1.29 is 13.9 Å². The summed E-state index contributed by atoms with van der Waals surface area (Å²) in [7, 11) is 3.38. The fourth-order valence-corrected chi connectivity index (χ4v) is 2.24. The lowest BCUT2D eigenvalue weighted by Crippen LogP contribution is -2.21. The first-order valence-electron chi connectivity index (χ1n) is 6.95. The Labute approximate surface area is 125 Å². The molecule has 2 aromatic rings. The number of carbonyl (C=O) groups is 1. The molecule has 0 amide bonds. The van der Waals surface area contributed by atoms with Gasteiger partial charge >= 0.3 is 5.97 Å². The number of aryl methyl sites for hydroxylation is 1. The van der Waals surface area contributed by atoms with Gasteiger partial charge in [-0.05, 0) is 38.6 Å². The smallest absolute Gasteiger partial charge is 0.373 e. The lowest BCUT2D eigenvalue weighted by atomic mass is 10.1. The van der Waals surface area contributed by atoms with Gasteiger partial charge < -0.3 is 9.15 Å². The van der Waals surface area contributed by atoms with Crippen molar-refractivity contribution >= 4 is 5.97 Å². The van der Waals surface area contributed by atoms with Crippen LogP contribution in [0.4, 0.5) is 0 Å². The van der Waals surface area contributed by atoms with E-state index in [0.29, 0.717) is 0 Å². The summed E-state index contributed by atoms with van der Waals surface area (Å²) >= 11 is 0. The first kappa shape index (κ1) is 15.3. The van der Waals surface area contributed by atoms with E-state index in [0.717, 1.165) is 12.3 Å². The van der Waals surface area contributed by atoms with Gasteiger partial charge in [0.1, 0.15) is 5.76 Å². The predicted octanol–water partition coefficient (Wildman–Crippen LogP) is 3.57. The zero-order chi connectivity index (χ0) is 15.4. The summed E-state index contributed by atoms with van der Waals surface area (Å²) in [4.78, 5) is 13.6. The lowest BCUT2D eigenvalue weighted by molar-refractivity contribution is 0.0559. The molecule has 1 atom stereocenters.